The number of nitrogens with two attached hydrogens (primary N) is 1. The first-order valence-corrected chi connectivity index (χ1v) is 4.49. The lowest BCUT2D eigenvalue weighted by Crippen LogP contribution is -2.34. The first-order chi connectivity index (χ1) is 6.65. The van der Waals surface area contributed by atoms with Crippen molar-refractivity contribution in [2.24, 2.45) is 5.73 Å². The Hall–Kier alpha value is -1.49. The lowest BCUT2D eigenvalue weighted by atomic mass is 10.1. The smallest absolute Gasteiger partial charge is 0.163 e. The van der Waals surface area contributed by atoms with Gasteiger partial charge in [0, 0.05) is 6.54 Å². The van der Waals surface area contributed by atoms with Crippen LogP contribution in [-0.4, -0.2) is 26.1 Å². The molecule has 74 valence electrons. The second-order valence-corrected chi connectivity index (χ2v) is 3.86. The number of hydrogen-bond donors (Lipinski definition) is 1. The molecule has 2 heterocycles. The molecule has 0 saturated heterocycles. The summed E-state index contributed by atoms with van der Waals surface area (Å²) in [5.74, 6) is 0. The van der Waals surface area contributed by atoms with Gasteiger partial charge in [-0.3, -0.25) is 0 Å². The van der Waals surface area contributed by atoms with Gasteiger partial charge in [0.05, 0.1) is 18.1 Å². The summed E-state index contributed by atoms with van der Waals surface area (Å²) in [5.41, 5.74) is 7.16. The molecule has 0 aliphatic carbocycles. The van der Waals surface area contributed by atoms with Crippen LogP contribution in [0, 0.1) is 0 Å². The van der Waals surface area contributed by atoms with Gasteiger partial charge < -0.3 is 10.3 Å². The van der Waals surface area contributed by atoms with E-state index in [1.807, 2.05) is 4.57 Å². The van der Waals surface area contributed by atoms with Crippen LogP contribution in [0.25, 0.3) is 11.2 Å². The number of rotatable bonds is 2. The molecule has 0 radical (unpaired) electrons. The molecule has 2 aromatic rings. The fraction of sp³-hybridized carbons (Fsp3) is 0.444. The van der Waals surface area contributed by atoms with Crippen molar-refractivity contribution in [1.29, 1.82) is 0 Å². The summed E-state index contributed by atoms with van der Waals surface area (Å²) < 4.78 is 1.98. The zero-order valence-electron chi connectivity index (χ0n) is 8.31. The van der Waals surface area contributed by atoms with Gasteiger partial charge in [0.1, 0.15) is 11.8 Å². The van der Waals surface area contributed by atoms with E-state index in [4.69, 9.17) is 5.73 Å². The Bertz CT molecular complexity index is 445. The van der Waals surface area contributed by atoms with Gasteiger partial charge in [0.2, 0.25) is 0 Å². The topological polar surface area (TPSA) is 69.6 Å². The van der Waals surface area contributed by atoms with Crippen LogP contribution < -0.4 is 5.73 Å². The molecule has 0 amide bonds. The van der Waals surface area contributed by atoms with Gasteiger partial charge in [-0.15, -0.1) is 0 Å². The van der Waals surface area contributed by atoms with Crippen molar-refractivity contribution in [1.82, 2.24) is 19.5 Å². The maximum absolute atomic E-state index is 5.70. The molecule has 0 aliphatic heterocycles. The highest BCUT2D eigenvalue weighted by Crippen LogP contribution is 2.18. The van der Waals surface area contributed by atoms with Gasteiger partial charge in [-0.1, -0.05) is 0 Å². The quantitative estimate of drug-likeness (QED) is 0.751. The number of nitrogens with zero attached hydrogens (tertiary/aromatic N) is 4. The molecule has 0 aliphatic rings. The Morgan fingerprint density at radius 1 is 1.43 bits per heavy atom. The zero-order valence-corrected chi connectivity index (χ0v) is 8.31. The molecular formula is C9H13N5. The van der Waals surface area contributed by atoms with E-state index in [1.165, 1.54) is 6.33 Å². The Kier molecular flexibility index (Phi) is 1.96. The number of aromatic nitrogens is 4. The summed E-state index contributed by atoms with van der Waals surface area (Å²) in [4.78, 5) is 12.3. The van der Waals surface area contributed by atoms with Crippen LogP contribution in [0.1, 0.15) is 13.8 Å². The fourth-order valence-corrected chi connectivity index (χ4v) is 1.31. The zero-order chi connectivity index (χ0) is 10.2. The van der Waals surface area contributed by atoms with E-state index in [1.54, 1.807) is 12.5 Å². The van der Waals surface area contributed by atoms with Gasteiger partial charge in [0.25, 0.3) is 0 Å². The molecule has 0 unspecified atom stereocenters. The molecule has 0 atom stereocenters. The standard InChI is InChI=1S/C9H13N5/c1-9(2,4-10)14-6-13-7-3-11-5-12-8(7)14/h3,5-6H,4,10H2,1-2H3. The van der Waals surface area contributed by atoms with E-state index >= 15 is 0 Å². The minimum atomic E-state index is -0.164. The predicted molar refractivity (Wildman–Crippen MR) is 53.7 cm³/mol. The second-order valence-electron chi connectivity index (χ2n) is 3.86. The maximum atomic E-state index is 5.70. The number of fused-ring (bicyclic) bond motifs is 1. The first kappa shape index (κ1) is 9.08. The van der Waals surface area contributed by atoms with Crippen LogP contribution >= 0.6 is 0 Å². The van der Waals surface area contributed by atoms with Crippen molar-refractivity contribution in [2.45, 2.75) is 19.4 Å². The lowest BCUT2D eigenvalue weighted by molar-refractivity contribution is 0.375. The van der Waals surface area contributed by atoms with E-state index in [-0.39, 0.29) is 5.54 Å². The molecule has 5 heteroatoms. The Labute approximate surface area is 82.0 Å². The van der Waals surface area contributed by atoms with Gasteiger partial charge >= 0.3 is 0 Å². The average Bonchev–Trinajstić information content (AvgIpc) is 2.61. The summed E-state index contributed by atoms with van der Waals surface area (Å²) in [6.07, 6.45) is 4.98. The highest BCUT2D eigenvalue weighted by Gasteiger charge is 2.20. The van der Waals surface area contributed by atoms with Crippen molar-refractivity contribution >= 4 is 11.2 Å². The molecule has 0 spiro atoms. The van der Waals surface area contributed by atoms with Crippen LogP contribution in [0.5, 0.6) is 0 Å². The molecule has 14 heavy (non-hydrogen) atoms. The third-order valence-corrected chi connectivity index (χ3v) is 2.36. The molecule has 5 nitrogen and oxygen atoms in total. The third kappa shape index (κ3) is 1.26. The van der Waals surface area contributed by atoms with Gasteiger partial charge in [-0.25, -0.2) is 15.0 Å². The average molecular weight is 191 g/mol. The summed E-state index contributed by atoms with van der Waals surface area (Å²) in [6, 6.07) is 0. The molecular weight excluding hydrogens is 178 g/mol. The van der Waals surface area contributed by atoms with E-state index < -0.39 is 0 Å². The molecule has 2 rings (SSSR count). The van der Waals surface area contributed by atoms with Crippen LogP contribution in [0.15, 0.2) is 18.9 Å². The highest BCUT2D eigenvalue weighted by molar-refractivity contribution is 5.69. The van der Waals surface area contributed by atoms with E-state index in [2.05, 4.69) is 28.8 Å². The third-order valence-electron chi connectivity index (χ3n) is 2.36. The molecule has 0 aromatic carbocycles. The lowest BCUT2D eigenvalue weighted by Gasteiger charge is -2.24. The minimum Gasteiger partial charge on any atom is -0.328 e. The number of hydrogen-bond acceptors (Lipinski definition) is 4. The minimum absolute atomic E-state index is 0.164. The summed E-state index contributed by atoms with van der Waals surface area (Å²) in [5, 5.41) is 0. The largest absolute Gasteiger partial charge is 0.328 e. The van der Waals surface area contributed by atoms with Crippen molar-refractivity contribution in [3.8, 4) is 0 Å². The van der Waals surface area contributed by atoms with Gasteiger partial charge in [-0.05, 0) is 13.8 Å². The normalized spacial score (nSPS) is 12.2. The second kappa shape index (κ2) is 3.02. The van der Waals surface area contributed by atoms with Gasteiger partial charge in [-0.2, -0.15) is 0 Å². The predicted octanol–water partition coefficient (Wildman–Crippen LogP) is 0.520. The van der Waals surface area contributed by atoms with Crippen molar-refractivity contribution < 1.29 is 0 Å². The Morgan fingerprint density at radius 3 is 2.93 bits per heavy atom. The van der Waals surface area contributed by atoms with E-state index in [0.29, 0.717) is 6.54 Å². The molecule has 0 saturated carbocycles. The van der Waals surface area contributed by atoms with Crippen molar-refractivity contribution in [3.63, 3.8) is 0 Å². The summed E-state index contributed by atoms with van der Waals surface area (Å²) in [7, 11) is 0. The fourth-order valence-electron chi connectivity index (χ4n) is 1.31. The van der Waals surface area contributed by atoms with Crippen LogP contribution in [-0.2, 0) is 5.54 Å². The first-order valence-electron chi connectivity index (χ1n) is 4.49. The SMILES string of the molecule is CC(C)(CN)n1cnc2cncnc21. The molecule has 2 aromatic heterocycles. The van der Waals surface area contributed by atoms with Crippen molar-refractivity contribution in [2.75, 3.05) is 6.54 Å². The van der Waals surface area contributed by atoms with E-state index in [0.717, 1.165) is 11.2 Å². The summed E-state index contributed by atoms with van der Waals surface area (Å²) in [6.45, 7) is 4.65. The Balaban J connectivity index is 2.64. The highest BCUT2D eigenvalue weighted by atomic mass is 15.2. The molecule has 0 fully saturated rings. The molecule has 0 bridgehead atoms. The monoisotopic (exact) mass is 191 g/mol. The molecule has 2 N–H and O–H groups in total. The van der Waals surface area contributed by atoms with E-state index in [9.17, 15) is 0 Å². The summed E-state index contributed by atoms with van der Waals surface area (Å²) >= 11 is 0. The Morgan fingerprint density at radius 2 is 2.21 bits per heavy atom. The van der Waals surface area contributed by atoms with Crippen LogP contribution in [0.4, 0.5) is 0 Å². The number of imidazole rings is 1. The maximum Gasteiger partial charge on any atom is 0.163 e. The van der Waals surface area contributed by atoms with Crippen LogP contribution in [0.2, 0.25) is 0 Å². The van der Waals surface area contributed by atoms with Crippen molar-refractivity contribution in [3.05, 3.63) is 18.9 Å². The van der Waals surface area contributed by atoms with Crippen LogP contribution in [0.3, 0.4) is 0 Å². The van der Waals surface area contributed by atoms with Gasteiger partial charge in [0.15, 0.2) is 5.65 Å².